The summed E-state index contributed by atoms with van der Waals surface area (Å²) in [5, 5.41) is 4.95. The highest BCUT2D eigenvalue weighted by atomic mass is 79.9. The number of fused-ring (bicyclic) bond motifs is 1. The van der Waals surface area contributed by atoms with E-state index in [-0.39, 0.29) is 5.56 Å². The molecule has 0 aromatic carbocycles. The van der Waals surface area contributed by atoms with Gasteiger partial charge in [-0.25, -0.2) is 4.52 Å². The van der Waals surface area contributed by atoms with E-state index in [1.165, 1.54) is 6.33 Å². The highest BCUT2D eigenvalue weighted by Gasteiger charge is 2.00. The van der Waals surface area contributed by atoms with Crippen molar-refractivity contribution in [3.05, 3.63) is 40.6 Å². The second kappa shape index (κ2) is 4.44. The maximum Gasteiger partial charge on any atom is 0.275 e. The zero-order valence-electron chi connectivity index (χ0n) is 7.98. The molecule has 0 unspecified atom stereocenters. The lowest BCUT2D eigenvalue weighted by Gasteiger charge is -1.87. The number of hydrogen-bond acceptors (Lipinski definition) is 2. The van der Waals surface area contributed by atoms with Crippen molar-refractivity contribution in [1.82, 2.24) is 14.6 Å². The van der Waals surface area contributed by atoms with E-state index in [2.05, 4.69) is 32.1 Å². The first kappa shape index (κ1) is 10.2. The summed E-state index contributed by atoms with van der Waals surface area (Å²) >= 11 is 3.35. The molecule has 0 saturated carbocycles. The molecule has 2 rings (SSSR count). The standard InChI is InChI=1S/C10H10BrN3O/c11-4-2-1-3-8-5-9-10(15)12-7-13-14(9)6-8/h1,3,5-7H,2,4H2,(H,12,13,15). The van der Waals surface area contributed by atoms with Crippen LogP contribution in [0.15, 0.2) is 29.5 Å². The summed E-state index contributed by atoms with van der Waals surface area (Å²) in [6.07, 6.45) is 8.22. The van der Waals surface area contributed by atoms with Crippen molar-refractivity contribution in [2.24, 2.45) is 0 Å². The Morgan fingerprint density at radius 2 is 2.47 bits per heavy atom. The van der Waals surface area contributed by atoms with Crippen molar-refractivity contribution in [3.8, 4) is 0 Å². The second-order valence-electron chi connectivity index (χ2n) is 3.10. The minimum Gasteiger partial charge on any atom is -0.310 e. The lowest BCUT2D eigenvalue weighted by atomic mass is 10.3. The molecule has 0 atom stereocenters. The van der Waals surface area contributed by atoms with E-state index in [1.807, 2.05) is 18.3 Å². The number of alkyl halides is 1. The molecule has 78 valence electrons. The third kappa shape index (κ3) is 2.18. The lowest BCUT2D eigenvalue weighted by molar-refractivity contribution is 0.888. The first-order valence-electron chi connectivity index (χ1n) is 4.60. The number of aromatic amines is 1. The summed E-state index contributed by atoms with van der Waals surface area (Å²) in [4.78, 5) is 13.9. The third-order valence-corrected chi connectivity index (χ3v) is 2.48. The van der Waals surface area contributed by atoms with Gasteiger partial charge in [0.25, 0.3) is 5.56 Å². The van der Waals surface area contributed by atoms with Crippen molar-refractivity contribution in [3.63, 3.8) is 0 Å². The number of allylic oxidation sites excluding steroid dienone is 1. The number of H-pyrrole nitrogens is 1. The average molecular weight is 268 g/mol. The largest absolute Gasteiger partial charge is 0.310 e. The van der Waals surface area contributed by atoms with Crippen LogP contribution in [-0.4, -0.2) is 19.9 Å². The highest BCUT2D eigenvalue weighted by molar-refractivity contribution is 9.09. The smallest absolute Gasteiger partial charge is 0.275 e. The number of hydrogen-bond donors (Lipinski definition) is 1. The Hall–Kier alpha value is -1.36. The Bertz CT molecular complexity index is 541. The fourth-order valence-electron chi connectivity index (χ4n) is 1.33. The number of aromatic nitrogens is 3. The molecule has 0 fully saturated rings. The van der Waals surface area contributed by atoms with Crippen molar-refractivity contribution < 1.29 is 0 Å². The molecule has 0 radical (unpaired) electrons. The SMILES string of the molecule is O=c1[nH]cnn2cc(C=CCCBr)cc12. The van der Waals surface area contributed by atoms with Crippen LogP contribution in [0.25, 0.3) is 11.6 Å². The first-order chi connectivity index (χ1) is 7.31. The summed E-state index contributed by atoms with van der Waals surface area (Å²) in [5.41, 5.74) is 1.43. The molecule has 0 amide bonds. The van der Waals surface area contributed by atoms with E-state index in [9.17, 15) is 4.79 Å². The Morgan fingerprint density at radius 1 is 1.60 bits per heavy atom. The van der Waals surface area contributed by atoms with Crippen LogP contribution in [0, 0.1) is 0 Å². The second-order valence-corrected chi connectivity index (χ2v) is 3.89. The summed E-state index contributed by atoms with van der Waals surface area (Å²) in [6.45, 7) is 0. The quantitative estimate of drug-likeness (QED) is 0.863. The van der Waals surface area contributed by atoms with E-state index in [0.29, 0.717) is 5.52 Å². The van der Waals surface area contributed by atoms with Gasteiger partial charge < -0.3 is 4.98 Å². The Morgan fingerprint density at radius 3 is 3.20 bits per heavy atom. The van der Waals surface area contributed by atoms with Crippen LogP contribution in [0.1, 0.15) is 12.0 Å². The van der Waals surface area contributed by atoms with Gasteiger partial charge in [-0.15, -0.1) is 0 Å². The minimum absolute atomic E-state index is 0.120. The molecule has 0 aliphatic rings. The molecule has 2 aromatic heterocycles. The number of halogens is 1. The van der Waals surface area contributed by atoms with Crippen LogP contribution in [0.3, 0.4) is 0 Å². The van der Waals surface area contributed by atoms with Crippen molar-refractivity contribution in [2.45, 2.75) is 6.42 Å². The van der Waals surface area contributed by atoms with Gasteiger partial charge >= 0.3 is 0 Å². The fraction of sp³-hybridized carbons (Fsp3) is 0.200. The van der Waals surface area contributed by atoms with Crippen LogP contribution in [0.2, 0.25) is 0 Å². The Kier molecular flexibility index (Phi) is 3.01. The molecule has 5 heteroatoms. The first-order valence-corrected chi connectivity index (χ1v) is 5.72. The number of nitrogens with one attached hydrogen (secondary N) is 1. The molecule has 0 spiro atoms. The lowest BCUT2D eigenvalue weighted by Crippen LogP contribution is -2.09. The maximum atomic E-state index is 11.4. The van der Waals surface area contributed by atoms with E-state index in [4.69, 9.17) is 0 Å². The maximum absolute atomic E-state index is 11.4. The number of nitrogens with zero attached hydrogens (tertiary/aromatic N) is 2. The van der Waals surface area contributed by atoms with Gasteiger partial charge in [-0.3, -0.25) is 4.79 Å². The van der Waals surface area contributed by atoms with Crippen LogP contribution in [0.4, 0.5) is 0 Å². The van der Waals surface area contributed by atoms with E-state index in [0.717, 1.165) is 17.3 Å². The van der Waals surface area contributed by atoms with E-state index in [1.54, 1.807) is 4.52 Å². The topological polar surface area (TPSA) is 50.2 Å². The van der Waals surface area contributed by atoms with Gasteiger partial charge in [0.1, 0.15) is 11.8 Å². The van der Waals surface area contributed by atoms with Crippen molar-refractivity contribution in [1.29, 1.82) is 0 Å². The summed E-state index contributed by atoms with van der Waals surface area (Å²) in [5.74, 6) is 0. The summed E-state index contributed by atoms with van der Waals surface area (Å²) < 4.78 is 1.58. The molecule has 0 bridgehead atoms. The molecular formula is C10H10BrN3O. The third-order valence-electron chi connectivity index (χ3n) is 2.02. The molecule has 15 heavy (non-hydrogen) atoms. The Balaban J connectivity index is 2.39. The number of rotatable bonds is 3. The predicted molar refractivity (Wildman–Crippen MR) is 63.3 cm³/mol. The van der Waals surface area contributed by atoms with Gasteiger partial charge in [-0.1, -0.05) is 28.1 Å². The molecule has 0 aliphatic heterocycles. The summed E-state index contributed by atoms with van der Waals surface area (Å²) in [6, 6.07) is 1.82. The minimum atomic E-state index is -0.120. The zero-order valence-corrected chi connectivity index (χ0v) is 9.57. The molecule has 1 N–H and O–H groups in total. The van der Waals surface area contributed by atoms with Gasteiger partial charge in [0.15, 0.2) is 0 Å². The van der Waals surface area contributed by atoms with Crippen LogP contribution < -0.4 is 5.56 Å². The Labute approximate surface area is 94.8 Å². The van der Waals surface area contributed by atoms with Crippen molar-refractivity contribution >= 4 is 27.5 Å². The van der Waals surface area contributed by atoms with Crippen LogP contribution in [0.5, 0.6) is 0 Å². The molecule has 0 aliphatic carbocycles. The normalized spacial score (nSPS) is 11.5. The predicted octanol–water partition coefficient (Wildman–Crippen LogP) is 1.82. The van der Waals surface area contributed by atoms with E-state index < -0.39 is 0 Å². The van der Waals surface area contributed by atoms with E-state index >= 15 is 0 Å². The molecule has 0 saturated heterocycles. The fourth-order valence-corrected chi connectivity index (χ4v) is 1.60. The van der Waals surface area contributed by atoms with Gasteiger partial charge in [0.2, 0.25) is 0 Å². The molecule has 4 nitrogen and oxygen atoms in total. The molecule has 2 aromatic rings. The van der Waals surface area contributed by atoms with Crippen LogP contribution >= 0.6 is 15.9 Å². The zero-order chi connectivity index (χ0) is 10.7. The van der Waals surface area contributed by atoms with Gasteiger partial charge in [0.05, 0.1) is 0 Å². The molecular weight excluding hydrogens is 258 g/mol. The summed E-state index contributed by atoms with van der Waals surface area (Å²) in [7, 11) is 0. The monoisotopic (exact) mass is 267 g/mol. The van der Waals surface area contributed by atoms with Gasteiger partial charge in [-0.2, -0.15) is 5.10 Å². The average Bonchev–Trinajstić information content (AvgIpc) is 2.63. The van der Waals surface area contributed by atoms with Gasteiger partial charge in [0, 0.05) is 11.5 Å². The highest BCUT2D eigenvalue weighted by Crippen LogP contribution is 2.06. The van der Waals surface area contributed by atoms with Gasteiger partial charge in [-0.05, 0) is 18.1 Å². The molecule has 2 heterocycles. The van der Waals surface area contributed by atoms with Crippen LogP contribution in [-0.2, 0) is 0 Å². The van der Waals surface area contributed by atoms with Crippen molar-refractivity contribution in [2.75, 3.05) is 5.33 Å².